The number of ether oxygens (including phenoxy) is 1. The number of pyridine rings is 1. The molecular formula is C26H23N3O3. The number of Topliss-reactive ketones (excluding diaryl/α,β-unsaturated/α-hetero) is 1. The van der Waals surface area contributed by atoms with E-state index in [0.29, 0.717) is 30.1 Å². The molecular weight excluding hydrogens is 402 g/mol. The number of imidazole rings is 1. The number of hydrogen-bond donors (Lipinski definition) is 0. The Morgan fingerprint density at radius 2 is 1.66 bits per heavy atom. The molecule has 0 N–H and O–H groups in total. The Bertz CT molecular complexity index is 1220. The number of likely N-dealkylation sites (tertiary alicyclic amines) is 1. The average Bonchev–Trinajstić information content (AvgIpc) is 3.29. The van der Waals surface area contributed by atoms with Crippen LogP contribution in [0.25, 0.3) is 5.65 Å². The van der Waals surface area contributed by atoms with E-state index >= 15 is 0 Å². The number of ketones is 1. The van der Waals surface area contributed by atoms with Gasteiger partial charge in [-0.15, -0.1) is 0 Å². The molecule has 0 radical (unpaired) electrons. The highest BCUT2D eigenvalue weighted by Gasteiger charge is 2.30. The summed E-state index contributed by atoms with van der Waals surface area (Å²) in [7, 11) is 0. The SMILES string of the molecule is O=C(c1ccc(Oc2ccccc2)cc1)[C@H]1CCCN(C(=O)c2cn3ccccc3n2)C1. The summed E-state index contributed by atoms with van der Waals surface area (Å²) in [6.07, 6.45) is 5.18. The van der Waals surface area contributed by atoms with E-state index in [9.17, 15) is 9.59 Å². The van der Waals surface area contributed by atoms with Gasteiger partial charge in [0.05, 0.1) is 0 Å². The summed E-state index contributed by atoms with van der Waals surface area (Å²) in [5.41, 5.74) is 1.78. The zero-order valence-electron chi connectivity index (χ0n) is 17.6. The number of hydrogen-bond acceptors (Lipinski definition) is 4. The molecule has 1 atom stereocenters. The van der Waals surface area contributed by atoms with E-state index in [1.807, 2.05) is 71.3 Å². The molecule has 1 aliphatic heterocycles. The molecule has 6 heteroatoms. The first-order chi connectivity index (χ1) is 15.7. The summed E-state index contributed by atoms with van der Waals surface area (Å²) in [6.45, 7) is 1.05. The van der Waals surface area contributed by atoms with E-state index in [1.165, 1.54) is 0 Å². The molecule has 32 heavy (non-hydrogen) atoms. The summed E-state index contributed by atoms with van der Waals surface area (Å²) in [5.74, 6) is 1.15. The number of nitrogens with zero attached hydrogens (tertiary/aromatic N) is 3. The monoisotopic (exact) mass is 425 g/mol. The molecule has 1 amide bonds. The Balaban J connectivity index is 1.26. The number of rotatable bonds is 5. The van der Waals surface area contributed by atoms with Crippen LogP contribution in [0.4, 0.5) is 0 Å². The summed E-state index contributed by atoms with van der Waals surface area (Å²) in [4.78, 5) is 32.3. The van der Waals surface area contributed by atoms with Crippen molar-refractivity contribution in [3.05, 3.63) is 96.4 Å². The maximum absolute atomic E-state index is 13.1. The van der Waals surface area contributed by atoms with Crippen LogP contribution in [0, 0.1) is 5.92 Å². The van der Waals surface area contributed by atoms with Crippen molar-refractivity contribution < 1.29 is 14.3 Å². The second kappa shape index (κ2) is 8.67. The van der Waals surface area contributed by atoms with Gasteiger partial charge in [-0.05, 0) is 61.4 Å². The molecule has 6 nitrogen and oxygen atoms in total. The van der Waals surface area contributed by atoms with Crippen molar-refractivity contribution in [3.8, 4) is 11.5 Å². The molecule has 1 aliphatic rings. The molecule has 0 unspecified atom stereocenters. The normalized spacial score (nSPS) is 16.1. The number of fused-ring (bicyclic) bond motifs is 1. The van der Waals surface area contributed by atoms with Crippen LogP contribution in [0.15, 0.2) is 85.2 Å². The number of benzene rings is 2. The maximum Gasteiger partial charge on any atom is 0.274 e. The van der Waals surface area contributed by atoms with Crippen molar-refractivity contribution in [2.24, 2.45) is 5.92 Å². The molecule has 160 valence electrons. The second-order valence-corrected chi connectivity index (χ2v) is 7.99. The van der Waals surface area contributed by atoms with Crippen molar-refractivity contribution >= 4 is 17.3 Å². The molecule has 5 rings (SSSR count). The first kappa shape index (κ1) is 20.0. The number of piperidine rings is 1. The predicted molar refractivity (Wildman–Crippen MR) is 121 cm³/mol. The van der Waals surface area contributed by atoms with Gasteiger partial charge in [-0.25, -0.2) is 4.98 Å². The largest absolute Gasteiger partial charge is 0.457 e. The quantitative estimate of drug-likeness (QED) is 0.428. The van der Waals surface area contributed by atoms with E-state index in [0.717, 1.165) is 24.2 Å². The lowest BCUT2D eigenvalue weighted by molar-refractivity contribution is 0.0632. The fourth-order valence-electron chi connectivity index (χ4n) is 4.12. The molecule has 0 bridgehead atoms. The Labute approximate surface area is 186 Å². The highest BCUT2D eigenvalue weighted by atomic mass is 16.5. The first-order valence-corrected chi connectivity index (χ1v) is 10.8. The molecule has 3 heterocycles. The van der Waals surface area contributed by atoms with Crippen LogP contribution in [0.3, 0.4) is 0 Å². The minimum Gasteiger partial charge on any atom is -0.457 e. The van der Waals surface area contributed by atoms with Crippen molar-refractivity contribution in [1.82, 2.24) is 14.3 Å². The van der Waals surface area contributed by atoms with Crippen LogP contribution in [0.5, 0.6) is 11.5 Å². The average molecular weight is 425 g/mol. The third kappa shape index (κ3) is 4.12. The minimum atomic E-state index is -0.217. The second-order valence-electron chi connectivity index (χ2n) is 7.99. The third-order valence-electron chi connectivity index (χ3n) is 5.78. The molecule has 2 aromatic carbocycles. The van der Waals surface area contributed by atoms with Crippen molar-refractivity contribution in [2.75, 3.05) is 13.1 Å². The molecule has 1 fully saturated rings. The summed E-state index contributed by atoms with van der Waals surface area (Å²) in [6, 6.07) is 22.4. The number of aromatic nitrogens is 2. The topological polar surface area (TPSA) is 63.9 Å². The van der Waals surface area contributed by atoms with Gasteiger partial charge in [0.15, 0.2) is 5.78 Å². The van der Waals surface area contributed by atoms with E-state index in [1.54, 1.807) is 23.2 Å². The third-order valence-corrected chi connectivity index (χ3v) is 5.78. The van der Waals surface area contributed by atoms with Gasteiger partial charge in [-0.2, -0.15) is 0 Å². The molecule has 0 aliphatic carbocycles. The smallest absolute Gasteiger partial charge is 0.274 e. The molecule has 0 spiro atoms. The first-order valence-electron chi connectivity index (χ1n) is 10.8. The maximum atomic E-state index is 13.1. The highest BCUT2D eigenvalue weighted by molar-refractivity contribution is 5.99. The summed E-state index contributed by atoms with van der Waals surface area (Å²) >= 11 is 0. The van der Waals surface area contributed by atoms with Gasteiger partial charge in [0.25, 0.3) is 5.91 Å². The van der Waals surface area contributed by atoms with E-state index in [4.69, 9.17) is 4.74 Å². The van der Waals surface area contributed by atoms with Crippen molar-refractivity contribution in [2.45, 2.75) is 12.8 Å². The lowest BCUT2D eigenvalue weighted by Crippen LogP contribution is -2.42. The van der Waals surface area contributed by atoms with Crippen LogP contribution < -0.4 is 4.74 Å². The van der Waals surface area contributed by atoms with Crippen molar-refractivity contribution in [3.63, 3.8) is 0 Å². The summed E-state index contributed by atoms with van der Waals surface area (Å²) in [5, 5.41) is 0. The van der Waals surface area contributed by atoms with Gasteiger partial charge in [-0.1, -0.05) is 24.3 Å². The molecule has 0 saturated carbocycles. The Morgan fingerprint density at radius 3 is 2.44 bits per heavy atom. The summed E-state index contributed by atoms with van der Waals surface area (Å²) < 4.78 is 7.64. The fourth-order valence-corrected chi connectivity index (χ4v) is 4.12. The Hall–Kier alpha value is -3.93. The zero-order valence-corrected chi connectivity index (χ0v) is 17.6. The molecule has 1 saturated heterocycles. The van der Waals surface area contributed by atoms with Gasteiger partial charge in [0.1, 0.15) is 22.8 Å². The van der Waals surface area contributed by atoms with Gasteiger partial charge in [0.2, 0.25) is 0 Å². The predicted octanol–water partition coefficient (Wildman–Crippen LogP) is 4.86. The lowest BCUT2D eigenvalue weighted by atomic mass is 9.90. The standard InChI is InChI=1S/C26H23N3O3/c30-25(19-11-13-22(14-12-19)32-21-8-2-1-3-9-21)20-7-6-16-29(17-20)26(31)23-18-28-15-5-4-10-24(28)27-23/h1-5,8-15,18,20H,6-7,16-17H2/t20-/m0/s1. The van der Waals surface area contributed by atoms with Crippen LogP contribution in [-0.2, 0) is 0 Å². The van der Waals surface area contributed by atoms with Crippen LogP contribution >= 0.6 is 0 Å². The fraction of sp³-hybridized carbons (Fsp3) is 0.192. The Kier molecular flexibility index (Phi) is 5.42. The van der Waals surface area contributed by atoms with Crippen molar-refractivity contribution in [1.29, 1.82) is 0 Å². The zero-order chi connectivity index (χ0) is 21.9. The lowest BCUT2D eigenvalue weighted by Gasteiger charge is -2.31. The van der Waals surface area contributed by atoms with Gasteiger partial charge in [-0.3, -0.25) is 9.59 Å². The van der Waals surface area contributed by atoms with E-state index in [-0.39, 0.29) is 17.6 Å². The van der Waals surface area contributed by atoms with Gasteiger partial charge in [0, 0.05) is 37.0 Å². The number of carbonyl (C=O) groups is 2. The highest BCUT2D eigenvalue weighted by Crippen LogP contribution is 2.25. The van der Waals surface area contributed by atoms with E-state index in [2.05, 4.69) is 4.98 Å². The Morgan fingerprint density at radius 1 is 0.906 bits per heavy atom. The number of para-hydroxylation sites is 1. The van der Waals surface area contributed by atoms with E-state index < -0.39 is 0 Å². The number of carbonyl (C=O) groups excluding carboxylic acids is 2. The van der Waals surface area contributed by atoms with Gasteiger partial charge >= 0.3 is 0 Å². The van der Waals surface area contributed by atoms with Crippen LogP contribution in [0.2, 0.25) is 0 Å². The van der Waals surface area contributed by atoms with Crippen LogP contribution in [0.1, 0.15) is 33.7 Å². The molecule has 2 aromatic heterocycles. The molecule has 4 aromatic rings. The minimum absolute atomic E-state index is 0.0590. The number of amides is 1. The van der Waals surface area contributed by atoms with Crippen LogP contribution in [-0.4, -0.2) is 39.1 Å². The van der Waals surface area contributed by atoms with Gasteiger partial charge < -0.3 is 14.0 Å².